The van der Waals surface area contributed by atoms with Gasteiger partial charge >= 0.3 is 6.18 Å². The summed E-state index contributed by atoms with van der Waals surface area (Å²) in [6.45, 7) is 5.91. The third-order valence-electron chi connectivity index (χ3n) is 3.58. The predicted octanol–water partition coefficient (Wildman–Crippen LogP) is 5.88. The van der Waals surface area contributed by atoms with Gasteiger partial charge in [0.25, 0.3) is 0 Å². The van der Waals surface area contributed by atoms with Crippen LogP contribution >= 0.6 is 0 Å². The van der Waals surface area contributed by atoms with Crippen LogP contribution in [0.2, 0.25) is 0 Å². The van der Waals surface area contributed by atoms with Gasteiger partial charge in [-0.05, 0) is 22.6 Å². The van der Waals surface area contributed by atoms with Crippen molar-refractivity contribution < 1.29 is 13.2 Å². The molecule has 2 aromatic rings. The van der Waals surface area contributed by atoms with Gasteiger partial charge in [0.1, 0.15) is 0 Å². The summed E-state index contributed by atoms with van der Waals surface area (Å²) in [7, 11) is 0. The zero-order chi connectivity index (χ0) is 15.7. The van der Waals surface area contributed by atoms with Crippen molar-refractivity contribution in [2.24, 2.45) is 5.41 Å². The van der Waals surface area contributed by atoms with Crippen LogP contribution in [0.4, 0.5) is 13.2 Å². The summed E-state index contributed by atoms with van der Waals surface area (Å²) in [4.78, 5) is 0. The van der Waals surface area contributed by atoms with Gasteiger partial charge in [-0.2, -0.15) is 13.2 Å². The van der Waals surface area contributed by atoms with E-state index in [1.165, 1.54) is 6.07 Å². The summed E-state index contributed by atoms with van der Waals surface area (Å²) in [5, 5.41) is 0. The molecule has 0 amide bonds. The molecule has 0 heterocycles. The molecule has 0 aliphatic rings. The molecular formula is C18H19F3. The van der Waals surface area contributed by atoms with Gasteiger partial charge in [0.2, 0.25) is 0 Å². The minimum Gasteiger partial charge on any atom is -0.166 e. The van der Waals surface area contributed by atoms with Crippen LogP contribution in [0.3, 0.4) is 0 Å². The fourth-order valence-corrected chi connectivity index (χ4v) is 2.80. The first-order valence-electron chi connectivity index (χ1n) is 6.92. The van der Waals surface area contributed by atoms with Crippen LogP contribution in [0.15, 0.2) is 54.6 Å². The molecule has 1 unspecified atom stereocenters. The molecule has 0 aliphatic heterocycles. The Morgan fingerprint density at radius 3 is 1.81 bits per heavy atom. The van der Waals surface area contributed by atoms with Crippen molar-refractivity contribution in [3.05, 3.63) is 71.3 Å². The van der Waals surface area contributed by atoms with E-state index in [4.69, 9.17) is 0 Å². The van der Waals surface area contributed by atoms with Crippen LogP contribution in [0.5, 0.6) is 0 Å². The molecule has 0 radical (unpaired) electrons. The second-order valence-corrected chi connectivity index (χ2v) is 6.29. The molecule has 1 atom stereocenters. The molecule has 0 nitrogen and oxygen atoms in total. The van der Waals surface area contributed by atoms with Crippen LogP contribution in [0.1, 0.15) is 43.4 Å². The Labute approximate surface area is 123 Å². The zero-order valence-electron chi connectivity index (χ0n) is 12.4. The molecule has 112 valence electrons. The Morgan fingerprint density at radius 2 is 1.29 bits per heavy atom. The summed E-state index contributed by atoms with van der Waals surface area (Å²) < 4.78 is 39.9. The lowest BCUT2D eigenvalue weighted by Gasteiger charge is -2.33. The van der Waals surface area contributed by atoms with Gasteiger partial charge in [0, 0.05) is 5.92 Å². The third-order valence-corrected chi connectivity index (χ3v) is 3.58. The van der Waals surface area contributed by atoms with Crippen LogP contribution < -0.4 is 0 Å². The quantitative estimate of drug-likeness (QED) is 0.648. The maximum atomic E-state index is 13.3. The Bertz CT molecular complexity index is 592. The predicted molar refractivity (Wildman–Crippen MR) is 79.2 cm³/mol. The van der Waals surface area contributed by atoms with E-state index in [0.29, 0.717) is 5.56 Å². The monoisotopic (exact) mass is 292 g/mol. The zero-order valence-corrected chi connectivity index (χ0v) is 12.4. The molecule has 0 saturated heterocycles. The van der Waals surface area contributed by atoms with E-state index in [-0.39, 0.29) is 11.3 Å². The molecule has 0 bridgehead atoms. The number of benzene rings is 2. The third kappa shape index (κ3) is 3.46. The van der Waals surface area contributed by atoms with E-state index in [9.17, 15) is 13.2 Å². The minimum absolute atomic E-state index is 0.309. The first-order chi connectivity index (χ1) is 9.71. The van der Waals surface area contributed by atoms with Crippen molar-refractivity contribution in [1.29, 1.82) is 0 Å². The Morgan fingerprint density at radius 1 is 0.762 bits per heavy atom. The molecule has 0 saturated carbocycles. The van der Waals surface area contributed by atoms with Crippen molar-refractivity contribution >= 4 is 0 Å². The lowest BCUT2D eigenvalue weighted by atomic mass is 9.71. The highest BCUT2D eigenvalue weighted by molar-refractivity contribution is 5.41. The Hall–Kier alpha value is -1.77. The maximum absolute atomic E-state index is 13.3. The van der Waals surface area contributed by atoms with E-state index < -0.39 is 11.7 Å². The Balaban J connectivity index is 2.65. The molecule has 21 heavy (non-hydrogen) atoms. The average molecular weight is 292 g/mol. The number of halogens is 3. The van der Waals surface area contributed by atoms with E-state index in [0.717, 1.165) is 11.6 Å². The normalized spacial score (nSPS) is 14.0. The molecule has 0 fully saturated rings. The SMILES string of the molecule is CC(C)(C)C(c1ccccc1)c1ccccc1C(F)(F)F. The fourth-order valence-electron chi connectivity index (χ4n) is 2.80. The summed E-state index contributed by atoms with van der Waals surface area (Å²) in [5.74, 6) is -0.309. The topological polar surface area (TPSA) is 0 Å². The first kappa shape index (κ1) is 15.6. The molecular weight excluding hydrogens is 273 g/mol. The fraction of sp³-hybridized carbons (Fsp3) is 0.333. The Kier molecular flexibility index (Phi) is 4.13. The molecule has 3 heteroatoms. The van der Waals surface area contributed by atoms with E-state index in [2.05, 4.69) is 0 Å². The standard InChI is InChI=1S/C18H19F3/c1-17(2,3)16(13-9-5-4-6-10-13)14-11-7-8-12-15(14)18(19,20)21/h4-12,16H,1-3H3. The summed E-state index contributed by atoms with van der Waals surface area (Å²) in [5.41, 5.74) is 0.377. The number of rotatable bonds is 2. The van der Waals surface area contributed by atoms with Gasteiger partial charge in [-0.1, -0.05) is 69.3 Å². The highest BCUT2D eigenvalue weighted by Crippen LogP contribution is 2.45. The van der Waals surface area contributed by atoms with E-state index >= 15 is 0 Å². The van der Waals surface area contributed by atoms with Gasteiger partial charge in [-0.15, -0.1) is 0 Å². The molecule has 0 aliphatic carbocycles. The van der Waals surface area contributed by atoms with Gasteiger partial charge in [0.05, 0.1) is 5.56 Å². The summed E-state index contributed by atoms with van der Waals surface area (Å²) in [6.07, 6.45) is -4.34. The van der Waals surface area contributed by atoms with Crippen LogP contribution in [0.25, 0.3) is 0 Å². The lowest BCUT2D eigenvalue weighted by Crippen LogP contribution is -2.23. The largest absolute Gasteiger partial charge is 0.416 e. The molecule has 0 spiro atoms. The molecule has 0 aromatic heterocycles. The van der Waals surface area contributed by atoms with Gasteiger partial charge < -0.3 is 0 Å². The summed E-state index contributed by atoms with van der Waals surface area (Å²) in [6, 6.07) is 15.3. The van der Waals surface area contributed by atoms with E-state index in [1.54, 1.807) is 12.1 Å². The van der Waals surface area contributed by atoms with Crippen molar-refractivity contribution in [3.63, 3.8) is 0 Å². The van der Waals surface area contributed by atoms with Crippen molar-refractivity contribution in [2.75, 3.05) is 0 Å². The molecule has 2 rings (SSSR count). The number of hydrogen-bond donors (Lipinski definition) is 0. The first-order valence-corrected chi connectivity index (χ1v) is 6.92. The van der Waals surface area contributed by atoms with Crippen LogP contribution in [0, 0.1) is 5.41 Å². The van der Waals surface area contributed by atoms with Crippen molar-refractivity contribution in [3.8, 4) is 0 Å². The van der Waals surface area contributed by atoms with Crippen molar-refractivity contribution in [2.45, 2.75) is 32.9 Å². The van der Waals surface area contributed by atoms with Gasteiger partial charge in [-0.3, -0.25) is 0 Å². The smallest absolute Gasteiger partial charge is 0.166 e. The number of hydrogen-bond acceptors (Lipinski definition) is 0. The van der Waals surface area contributed by atoms with Gasteiger partial charge in [-0.25, -0.2) is 0 Å². The van der Waals surface area contributed by atoms with Crippen LogP contribution in [-0.2, 0) is 6.18 Å². The summed E-state index contributed by atoms with van der Waals surface area (Å²) >= 11 is 0. The minimum atomic E-state index is -4.34. The highest BCUT2D eigenvalue weighted by atomic mass is 19.4. The van der Waals surface area contributed by atoms with Crippen molar-refractivity contribution in [1.82, 2.24) is 0 Å². The molecule has 0 N–H and O–H groups in total. The van der Waals surface area contributed by atoms with Gasteiger partial charge in [0.15, 0.2) is 0 Å². The average Bonchev–Trinajstić information content (AvgIpc) is 2.38. The highest BCUT2D eigenvalue weighted by Gasteiger charge is 2.38. The molecule has 2 aromatic carbocycles. The van der Waals surface area contributed by atoms with E-state index in [1.807, 2.05) is 51.1 Å². The second kappa shape index (κ2) is 5.55. The lowest BCUT2D eigenvalue weighted by molar-refractivity contribution is -0.138. The second-order valence-electron chi connectivity index (χ2n) is 6.29. The van der Waals surface area contributed by atoms with Crippen LogP contribution in [-0.4, -0.2) is 0 Å². The maximum Gasteiger partial charge on any atom is 0.416 e. The number of alkyl halides is 3.